The van der Waals surface area contributed by atoms with Gasteiger partial charge in [0.1, 0.15) is 0 Å². The molecule has 0 aromatic heterocycles. The lowest BCUT2D eigenvalue weighted by molar-refractivity contribution is 0.604. The van der Waals surface area contributed by atoms with Crippen LogP contribution in [-0.4, -0.2) is 24.9 Å². The van der Waals surface area contributed by atoms with E-state index in [-0.39, 0.29) is 0 Å². The van der Waals surface area contributed by atoms with E-state index in [1.807, 2.05) is 23.9 Å². The number of hydrogen-bond acceptors (Lipinski definition) is 3. The Morgan fingerprint density at radius 2 is 2.25 bits per heavy atom. The van der Waals surface area contributed by atoms with E-state index in [1.54, 1.807) is 0 Å². The Kier molecular flexibility index (Phi) is 3.67. The molecule has 0 amide bonds. The first kappa shape index (κ1) is 12.1. The summed E-state index contributed by atoms with van der Waals surface area (Å²) in [6, 6.07) is 6.57. The SMILES string of the molecule is CC1C(CCN)Sc2cccc(Cl)c2N1C. The van der Waals surface area contributed by atoms with Crippen LogP contribution >= 0.6 is 23.4 Å². The lowest BCUT2D eigenvalue weighted by Crippen LogP contribution is -2.41. The second-order valence-corrected chi connectivity index (χ2v) is 5.86. The monoisotopic (exact) mass is 256 g/mol. The molecule has 4 heteroatoms. The summed E-state index contributed by atoms with van der Waals surface area (Å²) in [5, 5.41) is 1.39. The summed E-state index contributed by atoms with van der Waals surface area (Å²) in [6.07, 6.45) is 1.04. The third-order valence-electron chi connectivity index (χ3n) is 3.18. The predicted octanol–water partition coefficient (Wildman–Crippen LogP) is 2.99. The van der Waals surface area contributed by atoms with E-state index in [0.29, 0.717) is 11.3 Å². The van der Waals surface area contributed by atoms with Crippen LogP contribution in [-0.2, 0) is 0 Å². The third kappa shape index (κ3) is 2.04. The number of nitrogens with zero attached hydrogens (tertiary/aromatic N) is 1. The van der Waals surface area contributed by atoms with Crippen molar-refractivity contribution < 1.29 is 0 Å². The molecule has 0 saturated heterocycles. The van der Waals surface area contributed by atoms with Gasteiger partial charge in [-0.3, -0.25) is 0 Å². The average Bonchev–Trinajstić information content (AvgIpc) is 2.25. The fourth-order valence-corrected chi connectivity index (χ4v) is 3.96. The van der Waals surface area contributed by atoms with Gasteiger partial charge in [0.25, 0.3) is 0 Å². The molecule has 1 aromatic rings. The molecule has 1 aliphatic heterocycles. The average molecular weight is 257 g/mol. The summed E-state index contributed by atoms with van der Waals surface area (Å²) < 4.78 is 0. The molecule has 16 heavy (non-hydrogen) atoms. The van der Waals surface area contributed by atoms with Crippen molar-refractivity contribution in [3.8, 4) is 0 Å². The van der Waals surface area contributed by atoms with E-state index in [2.05, 4.69) is 24.9 Å². The number of hydrogen-bond donors (Lipinski definition) is 1. The van der Waals surface area contributed by atoms with Gasteiger partial charge in [-0.25, -0.2) is 0 Å². The molecule has 2 unspecified atom stereocenters. The van der Waals surface area contributed by atoms with Gasteiger partial charge in [0.05, 0.1) is 10.7 Å². The fourth-order valence-electron chi connectivity index (χ4n) is 2.11. The van der Waals surface area contributed by atoms with E-state index in [1.165, 1.54) is 4.90 Å². The van der Waals surface area contributed by atoms with Crippen molar-refractivity contribution in [3.05, 3.63) is 23.2 Å². The van der Waals surface area contributed by atoms with Crippen molar-refractivity contribution in [1.29, 1.82) is 0 Å². The van der Waals surface area contributed by atoms with Crippen LogP contribution in [0.3, 0.4) is 0 Å². The maximum atomic E-state index is 6.25. The smallest absolute Gasteiger partial charge is 0.0694 e. The number of nitrogens with two attached hydrogens (primary N) is 1. The van der Waals surface area contributed by atoms with E-state index in [4.69, 9.17) is 17.3 Å². The normalized spacial score (nSPS) is 24.4. The number of anilines is 1. The second kappa shape index (κ2) is 4.86. The Hall–Kier alpha value is -0.380. The molecule has 1 aromatic carbocycles. The van der Waals surface area contributed by atoms with Crippen LogP contribution in [0.5, 0.6) is 0 Å². The van der Waals surface area contributed by atoms with Crippen LogP contribution in [0, 0.1) is 0 Å². The standard InChI is InChI=1S/C12H17ClN2S/c1-8-10(6-7-14)16-11-5-3-4-9(13)12(11)15(8)2/h3-5,8,10H,6-7,14H2,1-2H3. The largest absolute Gasteiger partial charge is 0.369 e. The van der Waals surface area contributed by atoms with Gasteiger partial charge in [0.15, 0.2) is 0 Å². The van der Waals surface area contributed by atoms with Gasteiger partial charge in [-0.1, -0.05) is 17.7 Å². The molecule has 0 saturated carbocycles. The minimum atomic E-state index is 0.473. The summed E-state index contributed by atoms with van der Waals surface area (Å²) in [4.78, 5) is 3.54. The van der Waals surface area contributed by atoms with E-state index in [0.717, 1.165) is 23.7 Å². The predicted molar refractivity (Wildman–Crippen MR) is 72.6 cm³/mol. The van der Waals surface area contributed by atoms with Crippen LogP contribution in [0.25, 0.3) is 0 Å². The molecule has 0 radical (unpaired) electrons. The lowest BCUT2D eigenvalue weighted by Gasteiger charge is -2.39. The minimum Gasteiger partial charge on any atom is -0.369 e. The summed E-state index contributed by atoms with van der Waals surface area (Å²) in [5.74, 6) is 0. The molecule has 88 valence electrons. The highest BCUT2D eigenvalue weighted by Crippen LogP contribution is 2.45. The van der Waals surface area contributed by atoms with Crippen LogP contribution in [0.15, 0.2) is 23.1 Å². The number of thioether (sulfide) groups is 1. The Labute approximate surface area is 106 Å². The van der Waals surface area contributed by atoms with Gasteiger partial charge >= 0.3 is 0 Å². The Bertz CT molecular complexity index is 383. The van der Waals surface area contributed by atoms with E-state index < -0.39 is 0 Å². The minimum absolute atomic E-state index is 0.473. The summed E-state index contributed by atoms with van der Waals surface area (Å²) in [5.41, 5.74) is 6.82. The second-order valence-electron chi connectivity index (χ2n) is 4.17. The Balaban J connectivity index is 2.36. The zero-order valence-electron chi connectivity index (χ0n) is 9.61. The van der Waals surface area contributed by atoms with Crippen LogP contribution in [0.4, 0.5) is 5.69 Å². The quantitative estimate of drug-likeness (QED) is 0.882. The van der Waals surface area contributed by atoms with Crippen molar-refractivity contribution >= 4 is 29.1 Å². The first-order chi connectivity index (χ1) is 7.65. The van der Waals surface area contributed by atoms with Gasteiger partial charge in [-0.15, -0.1) is 11.8 Å². The summed E-state index contributed by atoms with van der Waals surface area (Å²) >= 11 is 8.15. The lowest BCUT2D eigenvalue weighted by atomic mass is 10.1. The molecule has 2 atom stereocenters. The molecule has 0 bridgehead atoms. The zero-order valence-corrected chi connectivity index (χ0v) is 11.2. The van der Waals surface area contributed by atoms with Crippen LogP contribution < -0.4 is 10.6 Å². The highest BCUT2D eigenvalue weighted by molar-refractivity contribution is 8.00. The summed E-state index contributed by atoms with van der Waals surface area (Å²) in [7, 11) is 2.11. The zero-order chi connectivity index (χ0) is 11.7. The van der Waals surface area contributed by atoms with E-state index in [9.17, 15) is 0 Å². The summed E-state index contributed by atoms with van der Waals surface area (Å²) in [6.45, 7) is 2.98. The van der Waals surface area contributed by atoms with Crippen molar-refractivity contribution in [2.75, 3.05) is 18.5 Å². The van der Waals surface area contributed by atoms with Crippen molar-refractivity contribution in [2.45, 2.75) is 29.5 Å². The Morgan fingerprint density at radius 3 is 2.94 bits per heavy atom. The fraction of sp³-hybridized carbons (Fsp3) is 0.500. The highest BCUT2D eigenvalue weighted by atomic mass is 35.5. The molecular formula is C12H17ClN2S. The Morgan fingerprint density at radius 1 is 1.50 bits per heavy atom. The van der Waals surface area contributed by atoms with Crippen molar-refractivity contribution in [2.24, 2.45) is 5.73 Å². The van der Waals surface area contributed by atoms with Gasteiger partial charge in [-0.2, -0.15) is 0 Å². The van der Waals surface area contributed by atoms with Gasteiger partial charge in [0, 0.05) is 23.2 Å². The number of halogens is 1. The van der Waals surface area contributed by atoms with Gasteiger partial charge in [0.2, 0.25) is 0 Å². The molecule has 2 rings (SSSR count). The molecule has 0 aliphatic carbocycles. The van der Waals surface area contributed by atoms with Gasteiger partial charge in [-0.05, 0) is 32.0 Å². The highest BCUT2D eigenvalue weighted by Gasteiger charge is 2.30. The molecule has 2 nitrogen and oxygen atoms in total. The molecule has 2 N–H and O–H groups in total. The molecule has 0 spiro atoms. The van der Waals surface area contributed by atoms with Crippen LogP contribution in [0.1, 0.15) is 13.3 Å². The number of para-hydroxylation sites is 1. The number of fused-ring (bicyclic) bond motifs is 1. The maximum absolute atomic E-state index is 6.25. The number of rotatable bonds is 2. The van der Waals surface area contributed by atoms with Crippen molar-refractivity contribution in [3.63, 3.8) is 0 Å². The molecule has 1 heterocycles. The number of benzene rings is 1. The first-order valence-electron chi connectivity index (χ1n) is 5.53. The first-order valence-corrected chi connectivity index (χ1v) is 6.79. The van der Waals surface area contributed by atoms with E-state index >= 15 is 0 Å². The maximum Gasteiger partial charge on any atom is 0.0694 e. The molecule has 0 fully saturated rings. The van der Waals surface area contributed by atoms with Crippen LogP contribution in [0.2, 0.25) is 5.02 Å². The topological polar surface area (TPSA) is 29.3 Å². The third-order valence-corrected chi connectivity index (χ3v) is 5.00. The molecule has 1 aliphatic rings. The molecular weight excluding hydrogens is 240 g/mol. The van der Waals surface area contributed by atoms with Gasteiger partial charge < -0.3 is 10.6 Å². The van der Waals surface area contributed by atoms with Crippen molar-refractivity contribution in [1.82, 2.24) is 0 Å².